The molecule has 0 spiro atoms. The summed E-state index contributed by atoms with van der Waals surface area (Å²) in [6.07, 6.45) is 0.0950. The van der Waals surface area contributed by atoms with Crippen LogP contribution in [0, 0.1) is 5.82 Å². The molecule has 0 saturated heterocycles. The van der Waals surface area contributed by atoms with E-state index in [1.807, 2.05) is 0 Å². The Morgan fingerprint density at radius 1 is 1.14 bits per heavy atom. The quantitative estimate of drug-likeness (QED) is 0.632. The maximum Gasteiger partial charge on any atom is 0.243 e. The molecule has 6 nitrogen and oxygen atoms in total. The van der Waals surface area contributed by atoms with Crippen molar-refractivity contribution in [1.82, 2.24) is 9.29 Å². The Morgan fingerprint density at radius 2 is 1.82 bits per heavy atom. The molecule has 1 heterocycles. The summed E-state index contributed by atoms with van der Waals surface area (Å²) in [5.41, 5.74) is 1.30. The van der Waals surface area contributed by atoms with E-state index >= 15 is 0 Å². The minimum absolute atomic E-state index is 0.0950. The summed E-state index contributed by atoms with van der Waals surface area (Å²) >= 11 is 1.21. The molecule has 0 atom stereocenters. The van der Waals surface area contributed by atoms with Crippen LogP contribution in [0.2, 0.25) is 0 Å². The number of aromatic nitrogens is 1. The fourth-order valence-corrected chi connectivity index (χ4v) is 5.26. The number of rotatable bonds is 7. The van der Waals surface area contributed by atoms with Gasteiger partial charge < -0.3 is 5.32 Å². The fraction of sp³-hybridized carbons (Fsp3) is 0.263. The normalized spacial score (nSPS) is 11.9. The highest BCUT2D eigenvalue weighted by Crippen LogP contribution is 2.29. The van der Waals surface area contributed by atoms with Crippen LogP contribution in [0.15, 0.2) is 47.4 Å². The van der Waals surface area contributed by atoms with Crippen molar-refractivity contribution in [3.63, 3.8) is 0 Å². The van der Waals surface area contributed by atoms with Gasteiger partial charge in [-0.1, -0.05) is 37.3 Å². The molecular formula is C19H20FN3O3S2. The van der Waals surface area contributed by atoms with E-state index in [1.165, 1.54) is 33.8 Å². The topological polar surface area (TPSA) is 79.4 Å². The number of hydrogen-bond acceptors (Lipinski definition) is 5. The second-order valence-electron chi connectivity index (χ2n) is 6.09. The van der Waals surface area contributed by atoms with Crippen LogP contribution in [0.3, 0.4) is 0 Å². The second kappa shape index (κ2) is 8.34. The maximum atomic E-state index is 12.9. The van der Waals surface area contributed by atoms with E-state index < -0.39 is 10.0 Å². The van der Waals surface area contributed by atoms with Crippen LogP contribution in [0.25, 0.3) is 10.2 Å². The average molecular weight is 422 g/mol. The lowest BCUT2D eigenvalue weighted by Crippen LogP contribution is -2.30. The van der Waals surface area contributed by atoms with Crippen molar-refractivity contribution < 1.29 is 17.6 Å². The van der Waals surface area contributed by atoms with Crippen molar-refractivity contribution in [2.24, 2.45) is 0 Å². The third-order valence-corrected chi connectivity index (χ3v) is 7.21. The van der Waals surface area contributed by atoms with Crippen molar-refractivity contribution in [2.75, 3.05) is 18.4 Å². The molecule has 0 unspecified atom stereocenters. The smallest absolute Gasteiger partial charge is 0.243 e. The van der Waals surface area contributed by atoms with Crippen molar-refractivity contribution >= 4 is 42.6 Å². The molecule has 0 aliphatic heterocycles. The van der Waals surface area contributed by atoms with Crippen LogP contribution in [0.1, 0.15) is 19.4 Å². The molecule has 0 radical (unpaired) electrons. The summed E-state index contributed by atoms with van der Waals surface area (Å²) in [6, 6.07) is 10.5. The summed E-state index contributed by atoms with van der Waals surface area (Å²) in [7, 11) is -3.56. The number of fused-ring (bicyclic) bond motifs is 1. The summed E-state index contributed by atoms with van der Waals surface area (Å²) in [5, 5.41) is 3.10. The van der Waals surface area contributed by atoms with Crippen LogP contribution >= 0.6 is 11.3 Å². The first-order valence-electron chi connectivity index (χ1n) is 8.78. The average Bonchev–Trinajstić information content (AvgIpc) is 3.05. The molecule has 148 valence electrons. The van der Waals surface area contributed by atoms with Gasteiger partial charge in [0.25, 0.3) is 0 Å². The lowest BCUT2D eigenvalue weighted by atomic mass is 10.1. The predicted molar refractivity (Wildman–Crippen MR) is 108 cm³/mol. The first-order chi connectivity index (χ1) is 13.3. The summed E-state index contributed by atoms with van der Waals surface area (Å²) < 4.78 is 40.3. The highest BCUT2D eigenvalue weighted by molar-refractivity contribution is 7.89. The van der Waals surface area contributed by atoms with E-state index in [1.54, 1.807) is 38.1 Å². The molecule has 3 rings (SSSR count). The van der Waals surface area contributed by atoms with Gasteiger partial charge in [-0.3, -0.25) is 4.79 Å². The Labute approximate surface area is 167 Å². The SMILES string of the molecule is CCN(CC)S(=O)(=O)c1ccc2nc(NC(=O)Cc3ccc(F)cc3)sc2c1. The van der Waals surface area contributed by atoms with E-state index in [0.717, 1.165) is 0 Å². The molecule has 0 aliphatic rings. The zero-order chi connectivity index (χ0) is 20.3. The number of anilines is 1. The Hall–Kier alpha value is -2.36. The van der Waals surface area contributed by atoms with Gasteiger partial charge in [0.1, 0.15) is 5.82 Å². The Kier molecular flexibility index (Phi) is 6.07. The summed E-state index contributed by atoms with van der Waals surface area (Å²) in [4.78, 5) is 16.7. The first kappa shape index (κ1) is 20.4. The van der Waals surface area contributed by atoms with Gasteiger partial charge in [0.2, 0.25) is 15.9 Å². The van der Waals surface area contributed by atoms with Crippen molar-refractivity contribution in [3.05, 3.63) is 53.8 Å². The van der Waals surface area contributed by atoms with Crippen LogP contribution in [-0.4, -0.2) is 36.7 Å². The fourth-order valence-electron chi connectivity index (χ4n) is 2.78. The molecule has 0 fully saturated rings. The highest BCUT2D eigenvalue weighted by atomic mass is 32.2. The van der Waals surface area contributed by atoms with Gasteiger partial charge in [-0.05, 0) is 35.9 Å². The van der Waals surface area contributed by atoms with Crippen LogP contribution in [0.4, 0.5) is 9.52 Å². The molecule has 1 amide bonds. The molecule has 0 bridgehead atoms. The van der Waals surface area contributed by atoms with E-state index in [0.29, 0.717) is 34.0 Å². The number of sulfonamides is 1. The molecule has 3 aromatic rings. The largest absolute Gasteiger partial charge is 0.302 e. The molecule has 9 heteroatoms. The minimum Gasteiger partial charge on any atom is -0.302 e. The number of nitrogens with zero attached hydrogens (tertiary/aromatic N) is 2. The Balaban J connectivity index is 1.79. The first-order valence-corrected chi connectivity index (χ1v) is 11.0. The number of thiazole rings is 1. The molecule has 1 aromatic heterocycles. The maximum absolute atomic E-state index is 12.9. The van der Waals surface area contributed by atoms with Crippen LogP contribution in [-0.2, 0) is 21.2 Å². The van der Waals surface area contributed by atoms with Gasteiger partial charge in [-0.15, -0.1) is 0 Å². The number of carbonyl (C=O) groups excluding carboxylic acids is 1. The zero-order valence-electron chi connectivity index (χ0n) is 15.5. The predicted octanol–water partition coefficient (Wildman–Crippen LogP) is 3.65. The standard InChI is InChI=1S/C19H20FN3O3S2/c1-3-23(4-2)28(25,26)15-9-10-16-17(12-15)27-19(21-16)22-18(24)11-13-5-7-14(20)8-6-13/h5-10,12H,3-4,11H2,1-2H3,(H,21,22,24). The summed E-state index contributed by atoms with van der Waals surface area (Å²) in [5.74, 6) is -0.632. The number of benzene rings is 2. The lowest BCUT2D eigenvalue weighted by Gasteiger charge is -2.18. The van der Waals surface area contributed by atoms with E-state index in [-0.39, 0.29) is 23.0 Å². The Morgan fingerprint density at radius 3 is 2.46 bits per heavy atom. The highest BCUT2D eigenvalue weighted by Gasteiger charge is 2.22. The zero-order valence-corrected chi connectivity index (χ0v) is 17.1. The number of amides is 1. The molecule has 2 aromatic carbocycles. The van der Waals surface area contributed by atoms with Crippen molar-refractivity contribution in [2.45, 2.75) is 25.2 Å². The van der Waals surface area contributed by atoms with Gasteiger partial charge in [0.05, 0.1) is 21.5 Å². The van der Waals surface area contributed by atoms with Gasteiger partial charge >= 0.3 is 0 Å². The van der Waals surface area contributed by atoms with Crippen LogP contribution < -0.4 is 5.32 Å². The van der Waals surface area contributed by atoms with Gasteiger partial charge in [-0.2, -0.15) is 4.31 Å². The van der Waals surface area contributed by atoms with Crippen LogP contribution in [0.5, 0.6) is 0 Å². The number of carbonyl (C=O) groups is 1. The van der Waals surface area contributed by atoms with Crippen molar-refractivity contribution in [3.8, 4) is 0 Å². The van der Waals surface area contributed by atoms with Crippen molar-refractivity contribution in [1.29, 1.82) is 0 Å². The molecule has 1 N–H and O–H groups in total. The minimum atomic E-state index is -3.56. The number of nitrogens with one attached hydrogen (secondary N) is 1. The Bertz CT molecular complexity index is 1090. The monoisotopic (exact) mass is 421 g/mol. The molecular weight excluding hydrogens is 401 g/mol. The number of hydrogen-bond donors (Lipinski definition) is 1. The third-order valence-electron chi connectivity index (χ3n) is 4.23. The van der Waals surface area contributed by atoms with Gasteiger partial charge in [0, 0.05) is 13.1 Å². The van der Waals surface area contributed by atoms with Gasteiger partial charge in [-0.25, -0.2) is 17.8 Å². The lowest BCUT2D eigenvalue weighted by molar-refractivity contribution is -0.115. The summed E-state index contributed by atoms with van der Waals surface area (Å²) in [6.45, 7) is 4.37. The third kappa shape index (κ3) is 4.37. The molecule has 28 heavy (non-hydrogen) atoms. The van der Waals surface area contributed by atoms with E-state index in [4.69, 9.17) is 0 Å². The van der Waals surface area contributed by atoms with E-state index in [9.17, 15) is 17.6 Å². The molecule has 0 aliphatic carbocycles. The second-order valence-corrected chi connectivity index (χ2v) is 9.06. The van der Waals surface area contributed by atoms with E-state index in [2.05, 4.69) is 10.3 Å². The van der Waals surface area contributed by atoms with Gasteiger partial charge in [0.15, 0.2) is 5.13 Å². The number of halogens is 1. The molecule has 0 saturated carbocycles.